The van der Waals surface area contributed by atoms with E-state index in [0.717, 1.165) is 32.4 Å². The number of nitrogens with zero attached hydrogens (tertiary/aromatic N) is 1. The fraction of sp³-hybridized carbons (Fsp3) is 0.588. The summed E-state index contributed by atoms with van der Waals surface area (Å²) in [6.45, 7) is 4.04. The van der Waals surface area contributed by atoms with Gasteiger partial charge in [-0.1, -0.05) is 19.1 Å². The zero-order valence-electron chi connectivity index (χ0n) is 12.9. The van der Waals surface area contributed by atoms with Crippen LogP contribution in [0.15, 0.2) is 24.3 Å². The van der Waals surface area contributed by atoms with Crippen molar-refractivity contribution >= 4 is 11.6 Å². The molecule has 0 bridgehead atoms. The van der Waals surface area contributed by atoms with Crippen LogP contribution in [-0.4, -0.2) is 32.1 Å². The molecule has 3 unspecified atom stereocenters. The number of hydrogen-bond acceptors (Lipinski definition) is 3. The standard InChI is InChI=1S/C17H25N3O/c1-3-15(18-2)12-6-8-13(9-7-12)20-10-4-5-14-16(20)11-19-17(14)21/h6-9,14-16,18H,3-5,10-11H2,1-2H3,(H,19,21). The van der Waals surface area contributed by atoms with E-state index < -0.39 is 0 Å². The van der Waals surface area contributed by atoms with Crippen molar-refractivity contribution in [2.75, 3.05) is 25.0 Å². The van der Waals surface area contributed by atoms with Crippen molar-refractivity contribution in [3.8, 4) is 0 Å². The first-order valence-electron chi connectivity index (χ1n) is 8.06. The Labute approximate surface area is 126 Å². The van der Waals surface area contributed by atoms with Gasteiger partial charge in [0.05, 0.1) is 12.0 Å². The van der Waals surface area contributed by atoms with Crippen LogP contribution in [0.2, 0.25) is 0 Å². The molecule has 4 nitrogen and oxygen atoms in total. The van der Waals surface area contributed by atoms with Crippen molar-refractivity contribution in [3.05, 3.63) is 29.8 Å². The smallest absolute Gasteiger partial charge is 0.225 e. The summed E-state index contributed by atoms with van der Waals surface area (Å²) in [5, 5.41) is 6.36. The normalized spacial score (nSPS) is 26.4. The van der Waals surface area contributed by atoms with Crippen molar-refractivity contribution in [2.45, 2.75) is 38.3 Å². The lowest BCUT2D eigenvalue weighted by atomic mass is 9.91. The number of nitrogens with one attached hydrogen (secondary N) is 2. The molecule has 1 aromatic carbocycles. The van der Waals surface area contributed by atoms with E-state index in [4.69, 9.17) is 0 Å². The number of hydrogen-bond donors (Lipinski definition) is 2. The van der Waals surface area contributed by atoms with Crippen molar-refractivity contribution in [1.82, 2.24) is 10.6 Å². The fourth-order valence-corrected chi connectivity index (χ4v) is 3.78. The molecule has 2 heterocycles. The molecule has 0 aromatic heterocycles. The molecule has 0 aliphatic carbocycles. The van der Waals surface area contributed by atoms with Gasteiger partial charge in [0, 0.05) is 24.8 Å². The third kappa shape index (κ3) is 2.64. The van der Waals surface area contributed by atoms with Gasteiger partial charge >= 0.3 is 0 Å². The Hall–Kier alpha value is -1.55. The highest BCUT2D eigenvalue weighted by molar-refractivity contribution is 5.83. The molecule has 0 saturated carbocycles. The Morgan fingerprint density at radius 2 is 2.14 bits per heavy atom. The summed E-state index contributed by atoms with van der Waals surface area (Å²) >= 11 is 0. The molecule has 0 radical (unpaired) electrons. The minimum Gasteiger partial charge on any atom is -0.366 e. The molecule has 0 spiro atoms. The molecule has 4 heteroatoms. The van der Waals surface area contributed by atoms with E-state index in [1.54, 1.807) is 0 Å². The van der Waals surface area contributed by atoms with Gasteiger partial charge in [0.1, 0.15) is 0 Å². The topological polar surface area (TPSA) is 44.4 Å². The molecule has 1 aromatic rings. The van der Waals surface area contributed by atoms with Crippen molar-refractivity contribution in [2.24, 2.45) is 5.92 Å². The Morgan fingerprint density at radius 3 is 2.81 bits per heavy atom. The highest BCUT2D eigenvalue weighted by atomic mass is 16.2. The lowest BCUT2D eigenvalue weighted by molar-refractivity contribution is -0.122. The van der Waals surface area contributed by atoms with Gasteiger partial charge in [-0.15, -0.1) is 0 Å². The molecule has 3 atom stereocenters. The van der Waals surface area contributed by atoms with E-state index in [1.165, 1.54) is 11.3 Å². The molecule has 3 rings (SSSR count). The van der Waals surface area contributed by atoms with Crippen LogP contribution in [0.5, 0.6) is 0 Å². The van der Waals surface area contributed by atoms with Crippen LogP contribution >= 0.6 is 0 Å². The van der Waals surface area contributed by atoms with Crippen LogP contribution in [0.4, 0.5) is 5.69 Å². The van der Waals surface area contributed by atoms with Crippen LogP contribution in [0.25, 0.3) is 0 Å². The third-order valence-corrected chi connectivity index (χ3v) is 4.98. The van der Waals surface area contributed by atoms with Gasteiger partial charge in [0.25, 0.3) is 0 Å². The van der Waals surface area contributed by atoms with Gasteiger partial charge in [0.15, 0.2) is 0 Å². The second-order valence-corrected chi connectivity index (χ2v) is 6.10. The van der Waals surface area contributed by atoms with Crippen molar-refractivity contribution in [1.29, 1.82) is 0 Å². The molecular weight excluding hydrogens is 262 g/mol. The number of benzene rings is 1. The molecule has 2 saturated heterocycles. The monoisotopic (exact) mass is 287 g/mol. The van der Waals surface area contributed by atoms with E-state index >= 15 is 0 Å². The number of anilines is 1. The van der Waals surface area contributed by atoms with Gasteiger partial charge in [-0.05, 0) is 44.0 Å². The van der Waals surface area contributed by atoms with Crippen molar-refractivity contribution < 1.29 is 4.79 Å². The zero-order chi connectivity index (χ0) is 14.8. The van der Waals surface area contributed by atoms with Gasteiger partial charge in [-0.25, -0.2) is 0 Å². The number of carbonyl (C=O) groups is 1. The highest BCUT2D eigenvalue weighted by Crippen LogP contribution is 2.32. The van der Waals surface area contributed by atoms with Gasteiger partial charge in [0.2, 0.25) is 5.91 Å². The number of rotatable bonds is 4. The SMILES string of the molecule is CCC(NC)c1ccc(N2CCCC3C(=O)NCC32)cc1. The van der Waals surface area contributed by atoms with E-state index in [2.05, 4.69) is 46.7 Å². The van der Waals surface area contributed by atoms with Gasteiger partial charge in [-0.3, -0.25) is 4.79 Å². The van der Waals surface area contributed by atoms with Crippen molar-refractivity contribution in [3.63, 3.8) is 0 Å². The largest absolute Gasteiger partial charge is 0.366 e. The average Bonchev–Trinajstić information content (AvgIpc) is 2.91. The maximum Gasteiger partial charge on any atom is 0.225 e. The molecule has 21 heavy (non-hydrogen) atoms. The summed E-state index contributed by atoms with van der Waals surface area (Å²) in [6, 6.07) is 9.61. The minimum atomic E-state index is 0.180. The Balaban J connectivity index is 1.79. The maximum atomic E-state index is 11.9. The summed E-state index contributed by atoms with van der Waals surface area (Å²) in [7, 11) is 2.01. The summed E-state index contributed by atoms with van der Waals surface area (Å²) in [6.07, 6.45) is 3.22. The average molecular weight is 287 g/mol. The second kappa shape index (κ2) is 6.06. The van der Waals surface area contributed by atoms with E-state index in [0.29, 0.717) is 12.1 Å². The van der Waals surface area contributed by atoms with Crippen LogP contribution < -0.4 is 15.5 Å². The maximum absolute atomic E-state index is 11.9. The summed E-state index contributed by atoms with van der Waals surface area (Å²) in [4.78, 5) is 14.3. The van der Waals surface area contributed by atoms with Crippen LogP contribution in [-0.2, 0) is 4.79 Å². The second-order valence-electron chi connectivity index (χ2n) is 6.10. The minimum absolute atomic E-state index is 0.180. The van der Waals surface area contributed by atoms with Crippen LogP contribution in [0.1, 0.15) is 37.8 Å². The van der Waals surface area contributed by atoms with Crippen LogP contribution in [0.3, 0.4) is 0 Å². The molecule has 1 amide bonds. The van der Waals surface area contributed by atoms with Crippen LogP contribution in [0, 0.1) is 5.92 Å². The first-order chi connectivity index (χ1) is 10.2. The number of amides is 1. The van der Waals surface area contributed by atoms with Gasteiger partial charge in [-0.2, -0.15) is 0 Å². The summed E-state index contributed by atoms with van der Waals surface area (Å²) in [5.41, 5.74) is 2.58. The predicted octanol–water partition coefficient (Wildman–Crippen LogP) is 2.07. The third-order valence-electron chi connectivity index (χ3n) is 4.98. The summed E-state index contributed by atoms with van der Waals surface area (Å²) < 4.78 is 0. The molecule has 114 valence electrons. The Kier molecular flexibility index (Phi) is 4.15. The quantitative estimate of drug-likeness (QED) is 0.891. The number of carbonyl (C=O) groups excluding carboxylic acids is 1. The Bertz CT molecular complexity index is 495. The van der Waals surface area contributed by atoms with E-state index in [1.807, 2.05) is 7.05 Å². The molecular formula is C17H25N3O. The highest BCUT2D eigenvalue weighted by Gasteiger charge is 2.40. The Morgan fingerprint density at radius 1 is 1.38 bits per heavy atom. The van der Waals surface area contributed by atoms with E-state index in [-0.39, 0.29) is 11.8 Å². The first-order valence-corrected chi connectivity index (χ1v) is 8.06. The number of piperidine rings is 1. The van der Waals surface area contributed by atoms with E-state index in [9.17, 15) is 4.79 Å². The number of fused-ring (bicyclic) bond motifs is 1. The zero-order valence-corrected chi connectivity index (χ0v) is 12.9. The lowest BCUT2D eigenvalue weighted by Gasteiger charge is -2.37. The lowest BCUT2D eigenvalue weighted by Crippen LogP contribution is -2.45. The first kappa shape index (κ1) is 14.4. The predicted molar refractivity (Wildman–Crippen MR) is 85.4 cm³/mol. The molecule has 2 aliphatic heterocycles. The van der Waals surface area contributed by atoms with Gasteiger partial charge < -0.3 is 15.5 Å². The molecule has 2 fully saturated rings. The molecule has 2 aliphatic rings. The fourth-order valence-electron chi connectivity index (χ4n) is 3.78. The summed E-state index contributed by atoms with van der Waals surface area (Å²) in [5.74, 6) is 0.418. The molecule has 2 N–H and O–H groups in total.